The maximum atomic E-state index is 12.0. The first kappa shape index (κ1) is 9.00. The summed E-state index contributed by atoms with van der Waals surface area (Å²) in [5.74, 6) is 0.0833. The van der Waals surface area contributed by atoms with Crippen LogP contribution < -0.4 is 0 Å². The van der Waals surface area contributed by atoms with E-state index in [4.69, 9.17) is 5.11 Å². The second-order valence-corrected chi connectivity index (χ2v) is 2.72. The Labute approximate surface area is 70.3 Å². The van der Waals surface area contributed by atoms with E-state index >= 15 is 0 Å². The summed E-state index contributed by atoms with van der Waals surface area (Å²) >= 11 is 0. The average molecular weight is 170 g/mol. The van der Waals surface area contributed by atoms with E-state index in [2.05, 4.69) is 0 Å². The summed E-state index contributed by atoms with van der Waals surface area (Å²) in [6.45, 7) is 0.906. The predicted molar refractivity (Wildman–Crippen MR) is 43.8 cm³/mol. The summed E-state index contributed by atoms with van der Waals surface area (Å²) in [4.78, 5) is 0. The molecule has 1 unspecified atom stereocenters. The normalized spacial score (nSPS) is 12.9. The second kappa shape index (κ2) is 3.54. The Morgan fingerprint density at radius 1 is 1.50 bits per heavy atom. The molecule has 1 atom stereocenters. The van der Waals surface area contributed by atoms with Crippen molar-refractivity contribution in [1.29, 1.82) is 0 Å². The van der Waals surface area contributed by atoms with Crippen molar-refractivity contribution in [2.45, 2.75) is 13.0 Å². The predicted octanol–water partition coefficient (Wildman–Crippen LogP) is 1.70. The molecule has 2 N–H and O–H groups in total. The lowest BCUT2D eigenvalue weighted by molar-refractivity contribution is 0.141. The van der Waals surface area contributed by atoms with Gasteiger partial charge in [-0.05, 0) is 24.1 Å². The van der Waals surface area contributed by atoms with Gasteiger partial charge in [-0.3, -0.25) is 0 Å². The number of halogens is 1. The molecule has 0 heterocycles. The third-order valence-electron chi connectivity index (χ3n) is 1.76. The number of aliphatic hydroxyl groups excluding tert-OH is 1. The van der Waals surface area contributed by atoms with Crippen LogP contribution in [0.5, 0.6) is 5.75 Å². The molecule has 0 radical (unpaired) electrons. The summed E-state index contributed by atoms with van der Waals surface area (Å²) in [6.07, 6.45) is -1.13. The highest BCUT2D eigenvalue weighted by atomic mass is 19.1. The van der Waals surface area contributed by atoms with Gasteiger partial charge in [0.2, 0.25) is 0 Å². The fraction of sp³-hybridized carbons (Fsp3) is 0.333. The SMILES string of the molecule is Cc1ccc(C(O)CF)cc1O. The molecule has 0 aromatic heterocycles. The number of aromatic hydroxyl groups is 1. The molecule has 1 rings (SSSR count). The van der Waals surface area contributed by atoms with Crippen molar-refractivity contribution in [2.24, 2.45) is 0 Å². The van der Waals surface area contributed by atoms with Gasteiger partial charge in [0.15, 0.2) is 0 Å². The molecule has 0 amide bonds. The molecule has 3 heteroatoms. The zero-order valence-electron chi connectivity index (χ0n) is 6.79. The molecule has 0 saturated carbocycles. The molecule has 0 fully saturated rings. The minimum absolute atomic E-state index is 0.0833. The Bertz CT molecular complexity index is 273. The Balaban J connectivity index is 2.96. The molecular formula is C9H11FO2. The van der Waals surface area contributed by atoms with Crippen LogP contribution in [-0.4, -0.2) is 16.9 Å². The molecule has 0 aliphatic carbocycles. The van der Waals surface area contributed by atoms with Gasteiger partial charge in [-0.25, -0.2) is 4.39 Å². The summed E-state index contributed by atoms with van der Waals surface area (Å²) in [5.41, 5.74) is 1.12. The van der Waals surface area contributed by atoms with Crippen molar-refractivity contribution in [3.05, 3.63) is 29.3 Å². The molecule has 0 aliphatic rings. The fourth-order valence-electron chi connectivity index (χ4n) is 0.923. The van der Waals surface area contributed by atoms with E-state index in [0.29, 0.717) is 11.1 Å². The summed E-state index contributed by atoms with van der Waals surface area (Å²) in [5, 5.41) is 18.3. The largest absolute Gasteiger partial charge is 0.508 e. The van der Waals surface area contributed by atoms with Crippen LogP contribution in [0.3, 0.4) is 0 Å². The standard InChI is InChI=1S/C9H11FO2/c1-6-2-3-7(4-8(6)11)9(12)5-10/h2-4,9,11-12H,5H2,1H3. The van der Waals surface area contributed by atoms with Gasteiger partial charge in [0, 0.05) is 0 Å². The fourth-order valence-corrected chi connectivity index (χ4v) is 0.923. The van der Waals surface area contributed by atoms with Gasteiger partial charge in [-0.15, -0.1) is 0 Å². The van der Waals surface area contributed by atoms with E-state index < -0.39 is 12.8 Å². The van der Waals surface area contributed by atoms with Crippen LogP contribution in [0.15, 0.2) is 18.2 Å². The van der Waals surface area contributed by atoms with Crippen LogP contribution in [0, 0.1) is 6.92 Å². The lowest BCUT2D eigenvalue weighted by atomic mass is 10.1. The Hall–Kier alpha value is -1.09. The van der Waals surface area contributed by atoms with Crippen molar-refractivity contribution in [3.63, 3.8) is 0 Å². The molecule has 0 saturated heterocycles. The number of aryl methyl sites for hydroxylation is 1. The van der Waals surface area contributed by atoms with E-state index in [1.165, 1.54) is 6.07 Å². The number of hydrogen-bond acceptors (Lipinski definition) is 2. The molecule has 2 nitrogen and oxygen atoms in total. The van der Waals surface area contributed by atoms with Crippen LogP contribution in [-0.2, 0) is 0 Å². The smallest absolute Gasteiger partial charge is 0.119 e. The third-order valence-corrected chi connectivity index (χ3v) is 1.76. The quantitative estimate of drug-likeness (QED) is 0.709. The average Bonchev–Trinajstić information content (AvgIpc) is 2.08. The summed E-state index contributed by atoms with van der Waals surface area (Å²) in [6, 6.07) is 4.61. The van der Waals surface area contributed by atoms with Crippen LogP contribution in [0.4, 0.5) is 4.39 Å². The minimum atomic E-state index is -1.13. The number of phenolic OH excluding ortho intramolecular Hbond substituents is 1. The van der Waals surface area contributed by atoms with Crippen LogP contribution in [0.1, 0.15) is 17.2 Å². The van der Waals surface area contributed by atoms with Crippen LogP contribution >= 0.6 is 0 Å². The number of rotatable bonds is 2. The maximum absolute atomic E-state index is 12.0. The topological polar surface area (TPSA) is 40.5 Å². The Morgan fingerprint density at radius 3 is 2.67 bits per heavy atom. The minimum Gasteiger partial charge on any atom is -0.508 e. The number of alkyl halides is 1. The van der Waals surface area contributed by atoms with E-state index in [1.54, 1.807) is 19.1 Å². The maximum Gasteiger partial charge on any atom is 0.119 e. The van der Waals surface area contributed by atoms with Gasteiger partial charge in [0.05, 0.1) is 0 Å². The zero-order chi connectivity index (χ0) is 9.14. The lowest BCUT2D eigenvalue weighted by Crippen LogP contribution is -1.98. The Kier molecular flexibility index (Phi) is 2.65. The Morgan fingerprint density at radius 2 is 2.17 bits per heavy atom. The van der Waals surface area contributed by atoms with Crippen LogP contribution in [0.2, 0.25) is 0 Å². The van der Waals surface area contributed by atoms with Gasteiger partial charge in [-0.2, -0.15) is 0 Å². The number of benzene rings is 1. The first-order valence-electron chi connectivity index (χ1n) is 3.68. The summed E-state index contributed by atoms with van der Waals surface area (Å²) < 4.78 is 12.0. The summed E-state index contributed by atoms with van der Waals surface area (Å²) in [7, 11) is 0. The first-order chi connectivity index (χ1) is 5.65. The highest BCUT2D eigenvalue weighted by Gasteiger charge is 2.07. The van der Waals surface area contributed by atoms with Crippen molar-refractivity contribution in [3.8, 4) is 5.75 Å². The van der Waals surface area contributed by atoms with E-state index in [0.717, 1.165) is 0 Å². The van der Waals surface area contributed by atoms with E-state index in [9.17, 15) is 9.50 Å². The van der Waals surface area contributed by atoms with Gasteiger partial charge >= 0.3 is 0 Å². The molecule has 0 bridgehead atoms. The number of aliphatic hydroxyl groups is 1. The van der Waals surface area contributed by atoms with Gasteiger partial charge in [0.25, 0.3) is 0 Å². The second-order valence-electron chi connectivity index (χ2n) is 2.72. The third kappa shape index (κ3) is 1.74. The molecule has 1 aromatic carbocycles. The van der Waals surface area contributed by atoms with Crippen molar-refractivity contribution < 1.29 is 14.6 Å². The number of hydrogen-bond donors (Lipinski definition) is 2. The van der Waals surface area contributed by atoms with E-state index in [-0.39, 0.29) is 5.75 Å². The molecule has 66 valence electrons. The molecule has 0 spiro atoms. The van der Waals surface area contributed by atoms with Gasteiger partial charge in [0.1, 0.15) is 18.5 Å². The zero-order valence-corrected chi connectivity index (χ0v) is 6.79. The highest BCUT2D eigenvalue weighted by Crippen LogP contribution is 2.22. The van der Waals surface area contributed by atoms with Crippen molar-refractivity contribution in [1.82, 2.24) is 0 Å². The molecular weight excluding hydrogens is 159 g/mol. The molecule has 1 aromatic rings. The highest BCUT2D eigenvalue weighted by molar-refractivity contribution is 5.36. The van der Waals surface area contributed by atoms with Crippen molar-refractivity contribution in [2.75, 3.05) is 6.67 Å². The van der Waals surface area contributed by atoms with Gasteiger partial charge < -0.3 is 10.2 Å². The molecule has 12 heavy (non-hydrogen) atoms. The number of phenols is 1. The van der Waals surface area contributed by atoms with Crippen LogP contribution in [0.25, 0.3) is 0 Å². The first-order valence-corrected chi connectivity index (χ1v) is 3.68. The van der Waals surface area contributed by atoms with Crippen molar-refractivity contribution >= 4 is 0 Å². The molecule has 0 aliphatic heterocycles. The monoisotopic (exact) mass is 170 g/mol. The lowest BCUT2D eigenvalue weighted by Gasteiger charge is -2.07. The van der Waals surface area contributed by atoms with E-state index in [1.807, 2.05) is 0 Å². The van der Waals surface area contributed by atoms with Gasteiger partial charge in [-0.1, -0.05) is 12.1 Å².